The number of benzene rings is 1. The van der Waals surface area contributed by atoms with E-state index in [4.69, 9.17) is 0 Å². The summed E-state index contributed by atoms with van der Waals surface area (Å²) in [5, 5.41) is 0. The molecule has 6 nitrogen and oxygen atoms in total. The quantitative estimate of drug-likeness (QED) is 0.670. The first-order valence-electron chi connectivity index (χ1n) is 11.8. The van der Waals surface area contributed by atoms with E-state index in [1.807, 2.05) is 24.1 Å². The van der Waals surface area contributed by atoms with Gasteiger partial charge in [-0.15, -0.1) is 0 Å². The highest BCUT2D eigenvalue weighted by molar-refractivity contribution is 5.86. The van der Waals surface area contributed by atoms with Crippen molar-refractivity contribution >= 4 is 17.5 Å². The van der Waals surface area contributed by atoms with Gasteiger partial charge in [0.2, 0.25) is 5.91 Å². The topological polar surface area (TPSA) is 47.1 Å². The molecule has 3 fully saturated rings. The molecular formula is C24H33F3N4O2. The molecule has 1 aromatic carbocycles. The molecule has 4 rings (SSSR count). The molecule has 0 radical (unpaired) electrons. The SMILES string of the molecule is CN1C(=O)C2(CCN(C(=O)C(C)(F)F)CC2)C[C@@H]1CCN1CCN(c2ccc(F)cc2)CC1. The minimum atomic E-state index is -3.37. The number of hydrogen-bond donors (Lipinski definition) is 0. The van der Waals surface area contributed by atoms with E-state index in [9.17, 15) is 22.8 Å². The van der Waals surface area contributed by atoms with Gasteiger partial charge in [0.05, 0.1) is 5.41 Å². The van der Waals surface area contributed by atoms with Crippen LogP contribution in [0.2, 0.25) is 0 Å². The number of piperidine rings is 1. The molecule has 3 aliphatic rings. The van der Waals surface area contributed by atoms with Crippen molar-refractivity contribution in [3.63, 3.8) is 0 Å². The largest absolute Gasteiger partial charge is 0.369 e. The Labute approximate surface area is 193 Å². The summed E-state index contributed by atoms with van der Waals surface area (Å²) in [5.74, 6) is -4.66. The molecule has 3 aliphatic heterocycles. The minimum Gasteiger partial charge on any atom is -0.369 e. The number of amides is 2. The van der Waals surface area contributed by atoms with E-state index < -0.39 is 17.2 Å². The number of piperazine rings is 1. The highest BCUT2D eigenvalue weighted by Gasteiger charge is 2.52. The van der Waals surface area contributed by atoms with Crippen molar-refractivity contribution < 1.29 is 22.8 Å². The molecule has 2 amide bonds. The Hall–Kier alpha value is -2.29. The van der Waals surface area contributed by atoms with Crippen molar-refractivity contribution in [1.29, 1.82) is 0 Å². The Morgan fingerprint density at radius 2 is 1.67 bits per heavy atom. The highest BCUT2D eigenvalue weighted by Crippen LogP contribution is 2.45. The molecule has 182 valence electrons. The van der Waals surface area contributed by atoms with Crippen LogP contribution in [0.15, 0.2) is 24.3 Å². The average Bonchev–Trinajstić information content (AvgIpc) is 3.03. The fraction of sp³-hybridized carbons (Fsp3) is 0.667. The second-order valence-corrected chi connectivity index (χ2v) is 9.83. The Bertz CT molecular complexity index is 857. The van der Waals surface area contributed by atoms with Crippen LogP contribution in [-0.4, -0.2) is 91.3 Å². The number of carbonyl (C=O) groups excluding carboxylic acids is 2. The van der Waals surface area contributed by atoms with Gasteiger partial charge in [-0.1, -0.05) is 0 Å². The van der Waals surface area contributed by atoms with Gasteiger partial charge in [-0.25, -0.2) is 4.39 Å². The van der Waals surface area contributed by atoms with E-state index in [2.05, 4.69) is 9.80 Å². The van der Waals surface area contributed by atoms with Gasteiger partial charge in [0.1, 0.15) is 5.82 Å². The van der Waals surface area contributed by atoms with Gasteiger partial charge in [-0.05, 0) is 49.9 Å². The van der Waals surface area contributed by atoms with Crippen molar-refractivity contribution in [3.8, 4) is 0 Å². The lowest BCUT2D eigenvalue weighted by molar-refractivity contribution is -0.158. The third kappa shape index (κ3) is 4.98. The van der Waals surface area contributed by atoms with Crippen LogP contribution in [0.4, 0.5) is 18.9 Å². The predicted octanol–water partition coefficient (Wildman–Crippen LogP) is 2.83. The second-order valence-electron chi connectivity index (χ2n) is 9.83. The summed E-state index contributed by atoms with van der Waals surface area (Å²) in [7, 11) is 1.84. The number of nitrogens with zero attached hydrogens (tertiary/aromatic N) is 4. The van der Waals surface area contributed by atoms with Gasteiger partial charge in [-0.2, -0.15) is 8.78 Å². The van der Waals surface area contributed by atoms with Gasteiger partial charge in [0.15, 0.2) is 0 Å². The van der Waals surface area contributed by atoms with Crippen LogP contribution in [0.25, 0.3) is 0 Å². The Kier molecular flexibility index (Phi) is 6.62. The number of likely N-dealkylation sites (tertiary alicyclic amines) is 2. The maximum Gasteiger partial charge on any atom is 0.322 e. The maximum atomic E-state index is 13.4. The molecule has 1 spiro atoms. The summed E-state index contributed by atoms with van der Waals surface area (Å²) < 4.78 is 39.9. The fourth-order valence-corrected chi connectivity index (χ4v) is 5.56. The van der Waals surface area contributed by atoms with Gasteiger partial charge in [-0.3, -0.25) is 14.5 Å². The fourth-order valence-electron chi connectivity index (χ4n) is 5.56. The zero-order valence-electron chi connectivity index (χ0n) is 19.4. The molecule has 0 saturated carbocycles. The van der Waals surface area contributed by atoms with E-state index >= 15 is 0 Å². The van der Waals surface area contributed by atoms with Crippen molar-refractivity contribution in [2.75, 3.05) is 57.8 Å². The molecule has 1 atom stereocenters. The summed E-state index contributed by atoms with van der Waals surface area (Å²) in [6.07, 6.45) is 2.49. The monoisotopic (exact) mass is 466 g/mol. The smallest absolute Gasteiger partial charge is 0.322 e. The number of halogens is 3. The van der Waals surface area contributed by atoms with Crippen molar-refractivity contribution in [1.82, 2.24) is 14.7 Å². The van der Waals surface area contributed by atoms with Crippen LogP contribution in [-0.2, 0) is 9.59 Å². The number of anilines is 1. The first-order valence-corrected chi connectivity index (χ1v) is 11.8. The van der Waals surface area contributed by atoms with Crippen LogP contribution < -0.4 is 4.90 Å². The average molecular weight is 467 g/mol. The summed E-state index contributed by atoms with van der Waals surface area (Å²) in [6.45, 7) is 5.51. The van der Waals surface area contributed by atoms with Crippen molar-refractivity contribution in [3.05, 3.63) is 30.1 Å². The molecule has 0 bridgehead atoms. The summed E-state index contributed by atoms with van der Waals surface area (Å²) in [5.41, 5.74) is 0.505. The Balaban J connectivity index is 1.26. The number of carbonyl (C=O) groups is 2. The van der Waals surface area contributed by atoms with Gasteiger partial charge in [0, 0.05) is 71.5 Å². The third-order valence-corrected chi connectivity index (χ3v) is 7.67. The van der Waals surface area contributed by atoms with E-state index in [-0.39, 0.29) is 30.9 Å². The van der Waals surface area contributed by atoms with Crippen LogP contribution in [0.1, 0.15) is 32.6 Å². The third-order valence-electron chi connectivity index (χ3n) is 7.67. The van der Waals surface area contributed by atoms with E-state index in [0.717, 1.165) is 51.3 Å². The number of rotatable bonds is 5. The Morgan fingerprint density at radius 3 is 2.24 bits per heavy atom. The summed E-state index contributed by atoms with van der Waals surface area (Å²) >= 11 is 0. The number of alkyl halides is 2. The molecule has 1 aromatic rings. The van der Waals surface area contributed by atoms with Crippen LogP contribution in [0, 0.1) is 11.2 Å². The molecule has 0 aliphatic carbocycles. The van der Waals surface area contributed by atoms with E-state index in [1.54, 1.807) is 0 Å². The van der Waals surface area contributed by atoms with Crippen LogP contribution in [0.5, 0.6) is 0 Å². The van der Waals surface area contributed by atoms with Gasteiger partial charge in [0.25, 0.3) is 5.91 Å². The molecule has 3 heterocycles. The lowest BCUT2D eigenvalue weighted by Crippen LogP contribution is -2.50. The standard InChI is InChI=1S/C24H33F3N4O2/c1-23(26,27)21(32)31-11-8-24(9-12-31)17-20(28(2)22(24)33)7-10-29-13-15-30(16-14-29)19-5-3-18(25)4-6-19/h3-6,20H,7-17H2,1-2H3/t20-/m0/s1. The zero-order chi connectivity index (χ0) is 23.8. The minimum absolute atomic E-state index is 0.0870. The first kappa shape index (κ1) is 23.9. The van der Waals surface area contributed by atoms with Crippen molar-refractivity contribution in [2.24, 2.45) is 5.41 Å². The van der Waals surface area contributed by atoms with E-state index in [1.165, 1.54) is 17.0 Å². The maximum absolute atomic E-state index is 13.4. The molecule has 0 unspecified atom stereocenters. The van der Waals surface area contributed by atoms with Crippen molar-refractivity contribution in [2.45, 2.75) is 44.6 Å². The Morgan fingerprint density at radius 1 is 1.06 bits per heavy atom. The van der Waals surface area contributed by atoms with Gasteiger partial charge >= 0.3 is 5.92 Å². The summed E-state index contributed by atoms with van der Waals surface area (Å²) in [4.78, 5) is 32.6. The zero-order valence-corrected chi connectivity index (χ0v) is 19.4. The molecule has 0 N–H and O–H groups in total. The summed E-state index contributed by atoms with van der Waals surface area (Å²) in [6, 6.07) is 6.72. The molecule has 0 aromatic heterocycles. The molecule has 33 heavy (non-hydrogen) atoms. The normalized spacial score (nSPS) is 24.1. The highest BCUT2D eigenvalue weighted by atomic mass is 19.3. The first-order chi connectivity index (χ1) is 15.6. The van der Waals surface area contributed by atoms with Gasteiger partial charge < -0.3 is 14.7 Å². The number of hydrogen-bond acceptors (Lipinski definition) is 4. The lowest BCUT2D eigenvalue weighted by Gasteiger charge is -2.38. The molecule has 9 heteroatoms. The predicted molar refractivity (Wildman–Crippen MR) is 120 cm³/mol. The lowest BCUT2D eigenvalue weighted by atomic mass is 9.75. The second kappa shape index (κ2) is 9.16. The molecular weight excluding hydrogens is 433 g/mol. The molecule has 3 saturated heterocycles. The van der Waals surface area contributed by atoms with Crippen LogP contribution >= 0.6 is 0 Å². The van der Waals surface area contributed by atoms with Crippen LogP contribution in [0.3, 0.4) is 0 Å². The van der Waals surface area contributed by atoms with E-state index in [0.29, 0.717) is 19.8 Å².